The van der Waals surface area contributed by atoms with Crippen LogP contribution in [0.4, 0.5) is 0 Å². The van der Waals surface area contributed by atoms with E-state index in [1.54, 1.807) is 19.2 Å². The molecule has 2 N–H and O–H groups in total. The number of likely N-dealkylation sites (N-methyl/N-ethyl adjacent to an activating group) is 1. The van der Waals surface area contributed by atoms with Crippen molar-refractivity contribution in [2.45, 2.75) is 6.10 Å². The van der Waals surface area contributed by atoms with Crippen molar-refractivity contribution >= 4 is 11.6 Å². The van der Waals surface area contributed by atoms with E-state index in [0.717, 1.165) is 5.56 Å². The Morgan fingerprint density at radius 1 is 1.44 bits per heavy atom. The molecule has 0 spiro atoms. The third-order valence-corrected chi connectivity index (χ3v) is 2.68. The van der Waals surface area contributed by atoms with E-state index in [4.69, 9.17) is 21.1 Å². The van der Waals surface area contributed by atoms with Gasteiger partial charge in [-0.2, -0.15) is 0 Å². The van der Waals surface area contributed by atoms with Gasteiger partial charge in [-0.3, -0.25) is 0 Å². The van der Waals surface area contributed by atoms with E-state index in [0.29, 0.717) is 36.3 Å². The van der Waals surface area contributed by atoms with Crippen molar-refractivity contribution in [3.63, 3.8) is 0 Å². The van der Waals surface area contributed by atoms with Gasteiger partial charge in [0, 0.05) is 6.54 Å². The minimum absolute atomic E-state index is 0.468. The maximum absolute atomic E-state index is 9.83. The molecule has 16 heavy (non-hydrogen) atoms. The van der Waals surface area contributed by atoms with E-state index in [-0.39, 0.29) is 0 Å². The van der Waals surface area contributed by atoms with Crippen LogP contribution in [0, 0.1) is 0 Å². The molecule has 0 aliphatic carbocycles. The third kappa shape index (κ3) is 2.24. The lowest BCUT2D eigenvalue weighted by Crippen LogP contribution is -2.19. The van der Waals surface area contributed by atoms with Crippen LogP contribution in [0.3, 0.4) is 0 Å². The summed E-state index contributed by atoms with van der Waals surface area (Å²) in [6.45, 7) is 1.48. The van der Waals surface area contributed by atoms with Crippen LogP contribution in [0.1, 0.15) is 11.7 Å². The highest BCUT2D eigenvalue weighted by Crippen LogP contribution is 2.39. The molecule has 0 aromatic heterocycles. The number of hydrogen-bond donors (Lipinski definition) is 2. The average molecular weight is 244 g/mol. The van der Waals surface area contributed by atoms with E-state index >= 15 is 0 Å². The topological polar surface area (TPSA) is 50.7 Å². The molecule has 4 nitrogen and oxygen atoms in total. The second-order valence-electron chi connectivity index (χ2n) is 3.60. The minimum atomic E-state index is -0.599. The lowest BCUT2D eigenvalue weighted by atomic mass is 10.1. The molecule has 0 saturated heterocycles. The normalized spacial score (nSPS) is 15.9. The Morgan fingerprint density at radius 2 is 2.19 bits per heavy atom. The van der Waals surface area contributed by atoms with Gasteiger partial charge in [0.05, 0.1) is 11.1 Å². The van der Waals surface area contributed by atoms with Gasteiger partial charge >= 0.3 is 0 Å². The van der Waals surface area contributed by atoms with Gasteiger partial charge in [0.15, 0.2) is 11.5 Å². The molecular formula is C11H14ClNO3. The molecule has 88 valence electrons. The summed E-state index contributed by atoms with van der Waals surface area (Å²) in [6.07, 6.45) is -0.599. The van der Waals surface area contributed by atoms with Crippen molar-refractivity contribution < 1.29 is 14.6 Å². The Morgan fingerprint density at radius 3 is 2.94 bits per heavy atom. The molecule has 0 bridgehead atoms. The number of aliphatic hydroxyl groups excluding tert-OH is 1. The summed E-state index contributed by atoms with van der Waals surface area (Å²) < 4.78 is 10.8. The predicted molar refractivity (Wildman–Crippen MR) is 61.3 cm³/mol. The molecule has 2 rings (SSSR count). The number of hydrogen-bond acceptors (Lipinski definition) is 4. The zero-order chi connectivity index (χ0) is 11.5. The summed E-state index contributed by atoms with van der Waals surface area (Å²) in [7, 11) is 1.78. The Kier molecular flexibility index (Phi) is 3.53. The Hall–Kier alpha value is -0.970. The van der Waals surface area contributed by atoms with Crippen LogP contribution in [-0.2, 0) is 0 Å². The first-order valence-electron chi connectivity index (χ1n) is 5.14. The molecule has 0 saturated carbocycles. The molecule has 0 fully saturated rings. The van der Waals surface area contributed by atoms with Crippen molar-refractivity contribution in [2.24, 2.45) is 0 Å². The largest absolute Gasteiger partial charge is 0.486 e. The van der Waals surface area contributed by atoms with Crippen molar-refractivity contribution in [1.82, 2.24) is 5.32 Å². The molecule has 1 aliphatic heterocycles. The lowest BCUT2D eigenvalue weighted by Gasteiger charge is -2.21. The quantitative estimate of drug-likeness (QED) is 0.842. The molecule has 0 radical (unpaired) electrons. The highest BCUT2D eigenvalue weighted by atomic mass is 35.5. The van der Waals surface area contributed by atoms with Crippen LogP contribution in [0.5, 0.6) is 11.5 Å². The highest BCUT2D eigenvalue weighted by molar-refractivity contribution is 6.32. The Balaban J connectivity index is 2.31. The summed E-state index contributed by atoms with van der Waals surface area (Å²) in [4.78, 5) is 0. The monoisotopic (exact) mass is 243 g/mol. The van der Waals surface area contributed by atoms with Crippen LogP contribution in [0.25, 0.3) is 0 Å². The van der Waals surface area contributed by atoms with Gasteiger partial charge < -0.3 is 19.9 Å². The molecule has 1 unspecified atom stereocenters. The maximum atomic E-state index is 9.83. The molecule has 1 atom stereocenters. The van der Waals surface area contributed by atoms with Gasteiger partial charge in [-0.15, -0.1) is 0 Å². The number of aliphatic hydroxyl groups is 1. The van der Waals surface area contributed by atoms with Gasteiger partial charge in [0.2, 0.25) is 0 Å². The summed E-state index contributed by atoms with van der Waals surface area (Å²) in [5, 5.41) is 13.2. The highest BCUT2D eigenvalue weighted by Gasteiger charge is 2.19. The maximum Gasteiger partial charge on any atom is 0.179 e. The van der Waals surface area contributed by atoms with E-state index in [2.05, 4.69) is 5.32 Å². The van der Waals surface area contributed by atoms with Gasteiger partial charge in [-0.1, -0.05) is 11.6 Å². The molecule has 1 aromatic carbocycles. The smallest absolute Gasteiger partial charge is 0.179 e. The fourth-order valence-electron chi connectivity index (χ4n) is 1.63. The van der Waals surface area contributed by atoms with Crippen LogP contribution >= 0.6 is 11.6 Å². The third-order valence-electron chi connectivity index (χ3n) is 2.40. The number of rotatable bonds is 3. The van der Waals surface area contributed by atoms with Crippen molar-refractivity contribution in [2.75, 3.05) is 26.8 Å². The number of ether oxygens (including phenoxy) is 2. The van der Waals surface area contributed by atoms with E-state index in [1.165, 1.54) is 0 Å². The fourth-order valence-corrected chi connectivity index (χ4v) is 1.91. The standard InChI is InChI=1S/C11H14ClNO3/c1-13-6-9(14)7-4-8(12)11-10(5-7)15-2-3-16-11/h4-5,9,13-14H,2-3,6H2,1H3. The molecule has 5 heteroatoms. The van der Waals surface area contributed by atoms with Gasteiger partial charge in [0.25, 0.3) is 0 Å². The molecule has 1 aliphatic rings. The minimum Gasteiger partial charge on any atom is -0.486 e. The first-order chi connectivity index (χ1) is 7.72. The fraction of sp³-hybridized carbons (Fsp3) is 0.455. The van der Waals surface area contributed by atoms with Crippen LogP contribution in [-0.4, -0.2) is 31.9 Å². The summed E-state index contributed by atoms with van der Waals surface area (Å²) >= 11 is 6.06. The summed E-state index contributed by atoms with van der Waals surface area (Å²) in [6, 6.07) is 3.47. The van der Waals surface area contributed by atoms with Crippen LogP contribution in [0.2, 0.25) is 5.02 Å². The van der Waals surface area contributed by atoms with E-state index < -0.39 is 6.10 Å². The molecule has 0 amide bonds. The van der Waals surface area contributed by atoms with Crippen LogP contribution < -0.4 is 14.8 Å². The average Bonchev–Trinajstić information content (AvgIpc) is 2.29. The summed E-state index contributed by atoms with van der Waals surface area (Å²) in [5.74, 6) is 1.16. The molecule has 1 aromatic rings. The molecule has 1 heterocycles. The van der Waals surface area contributed by atoms with Crippen molar-refractivity contribution in [1.29, 1.82) is 0 Å². The van der Waals surface area contributed by atoms with Gasteiger partial charge in [0.1, 0.15) is 13.2 Å². The Labute approximate surface area is 99.1 Å². The number of benzene rings is 1. The molecular weight excluding hydrogens is 230 g/mol. The second kappa shape index (κ2) is 4.91. The summed E-state index contributed by atoms with van der Waals surface area (Å²) in [5.41, 5.74) is 0.726. The lowest BCUT2D eigenvalue weighted by molar-refractivity contribution is 0.164. The SMILES string of the molecule is CNCC(O)c1cc(Cl)c2c(c1)OCCO2. The number of fused-ring (bicyclic) bond motifs is 1. The van der Waals surface area contributed by atoms with Crippen molar-refractivity contribution in [3.05, 3.63) is 22.7 Å². The second-order valence-corrected chi connectivity index (χ2v) is 4.01. The number of nitrogens with one attached hydrogen (secondary N) is 1. The van der Waals surface area contributed by atoms with E-state index in [1.807, 2.05) is 0 Å². The zero-order valence-corrected chi connectivity index (χ0v) is 9.75. The Bertz CT molecular complexity index is 384. The van der Waals surface area contributed by atoms with E-state index in [9.17, 15) is 5.11 Å². The zero-order valence-electron chi connectivity index (χ0n) is 9.00. The van der Waals surface area contributed by atoms with Crippen molar-refractivity contribution in [3.8, 4) is 11.5 Å². The first kappa shape index (κ1) is 11.5. The predicted octanol–water partition coefficient (Wildman–Crippen LogP) is 1.36. The number of halogens is 1. The van der Waals surface area contributed by atoms with Gasteiger partial charge in [-0.25, -0.2) is 0 Å². The first-order valence-corrected chi connectivity index (χ1v) is 5.52. The van der Waals surface area contributed by atoms with Crippen LogP contribution in [0.15, 0.2) is 12.1 Å². The van der Waals surface area contributed by atoms with Gasteiger partial charge in [-0.05, 0) is 24.7 Å².